The second-order valence-corrected chi connectivity index (χ2v) is 5.65. The van der Waals surface area contributed by atoms with Crippen LogP contribution in [0.15, 0.2) is 4.99 Å². The number of nitrogens with zero attached hydrogens (tertiary/aromatic N) is 2. The molecule has 8 heteroatoms. The number of halogens is 1. The Labute approximate surface area is 162 Å². The van der Waals surface area contributed by atoms with E-state index in [1.165, 1.54) is 0 Å². The van der Waals surface area contributed by atoms with E-state index in [2.05, 4.69) is 20.5 Å². The molecule has 0 aromatic rings. The van der Waals surface area contributed by atoms with Crippen molar-refractivity contribution in [3.63, 3.8) is 0 Å². The van der Waals surface area contributed by atoms with Gasteiger partial charge in [0.15, 0.2) is 5.96 Å². The van der Waals surface area contributed by atoms with Crippen molar-refractivity contribution in [2.24, 2.45) is 4.99 Å². The molecule has 1 rings (SSSR count). The Hall–Kier alpha value is -0.610. The molecule has 0 aromatic carbocycles. The lowest BCUT2D eigenvalue weighted by molar-refractivity contribution is -0.120. The molecule has 1 heterocycles. The third kappa shape index (κ3) is 9.63. The summed E-state index contributed by atoms with van der Waals surface area (Å²) < 4.78 is 10.9. The highest BCUT2D eigenvalue weighted by Gasteiger charge is 2.22. The molecule has 0 radical (unpaired) electrons. The van der Waals surface area contributed by atoms with Gasteiger partial charge in [-0.05, 0) is 25.7 Å². The van der Waals surface area contributed by atoms with Crippen LogP contribution in [-0.2, 0) is 14.3 Å². The third-order valence-corrected chi connectivity index (χ3v) is 3.78. The first kappa shape index (κ1) is 23.4. The van der Waals surface area contributed by atoms with Gasteiger partial charge in [0.2, 0.25) is 5.91 Å². The maximum Gasteiger partial charge on any atom is 0.239 e. The number of piperidine rings is 1. The Bertz CT molecular complexity index is 361. The summed E-state index contributed by atoms with van der Waals surface area (Å²) in [6.07, 6.45) is 4.16. The molecule has 0 atom stereocenters. The van der Waals surface area contributed by atoms with Gasteiger partial charge in [-0.1, -0.05) is 6.92 Å². The van der Waals surface area contributed by atoms with Crippen LogP contribution in [0.5, 0.6) is 0 Å². The number of carbonyl (C=O) groups excluding carboxylic acids is 1. The van der Waals surface area contributed by atoms with Gasteiger partial charge in [-0.25, -0.2) is 0 Å². The van der Waals surface area contributed by atoms with E-state index in [0.717, 1.165) is 57.9 Å². The maximum absolute atomic E-state index is 11.7. The first-order valence-electron chi connectivity index (χ1n) is 8.54. The quantitative estimate of drug-likeness (QED) is 0.236. The van der Waals surface area contributed by atoms with Crippen LogP contribution in [0.1, 0.15) is 32.6 Å². The molecule has 142 valence electrons. The smallest absolute Gasteiger partial charge is 0.239 e. The van der Waals surface area contributed by atoms with E-state index in [-0.39, 0.29) is 36.4 Å². The number of hydrogen-bond acceptors (Lipinski definition) is 4. The molecule has 2 N–H and O–H groups in total. The van der Waals surface area contributed by atoms with Crippen molar-refractivity contribution in [3.05, 3.63) is 0 Å². The number of aliphatic imine (C=N–C) groups is 1. The van der Waals surface area contributed by atoms with E-state index in [4.69, 9.17) is 9.47 Å². The van der Waals surface area contributed by atoms with Crippen molar-refractivity contribution in [3.8, 4) is 0 Å². The van der Waals surface area contributed by atoms with Crippen molar-refractivity contribution >= 4 is 35.8 Å². The number of methoxy groups -OCH3 is 1. The average molecular weight is 456 g/mol. The van der Waals surface area contributed by atoms with E-state index >= 15 is 0 Å². The van der Waals surface area contributed by atoms with E-state index in [1.807, 2.05) is 6.92 Å². The molecule has 24 heavy (non-hydrogen) atoms. The fourth-order valence-electron chi connectivity index (χ4n) is 2.51. The molecule has 0 aromatic heterocycles. The van der Waals surface area contributed by atoms with E-state index < -0.39 is 0 Å². The fraction of sp³-hybridized carbons (Fsp3) is 0.875. The van der Waals surface area contributed by atoms with Gasteiger partial charge in [0.05, 0.1) is 12.6 Å². The molecule has 1 aliphatic heterocycles. The van der Waals surface area contributed by atoms with Gasteiger partial charge in [0.25, 0.3) is 0 Å². The van der Waals surface area contributed by atoms with Gasteiger partial charge in [-0.2, -0.15) is 0 Å². The van der Waals surface area contributed by atoms with Crippen molar-refractivity contribution in [1.82, 2.24) is 15.5 Å². The SMILES string of the molecule is CCCNC(=O)CNC(=NC)N1CCC(OCCCOC)CC1.I. The van der Waals surface area contributed by atoms with Crippen LogP contribution in [0.25, 0.3) is 0 Å². The molecule has 0 aliphatic carbocycles. The van der Waals surface area contributed by atoms with Gasteiger partial charge in [-0.3, -0.25) is 9.79 Å². The molecule has 0 spiro atoms. The van der Waals surface area contributed by atoms with E-state index in [1.54, 1.807) is 14.2 Å². The van der Waals surface area contributed by atoms with Crippen LogP contribution < -0.4 is 10.6 Å². The molecular weight excluding hydrogens is 423 g/mol. The van der Waals surface area contributed by atoms with Gasteiger partial charge in [0.1, 0.15) is 0 Å². The molecule has 0 saturated carbocycles. The number of ether oxygens (including phenoxy) is 2. The highest BCUT2D eigenvalue weighted by atomic mass is 127. The Balaban J connectivity index is 0.00000529. The standard InChI is InChI=1S/C16H32N4O3.HI/c1-4-8-18-15(21)13-19-16(17-2)20-9-6-14(7-10-20)23-12-5-11-22-3;/h14H,4-13H2,1-3H3,(H,17,19)(H,18,21);1H. The summed E-state index contributed by atoms with van der Waals surface area (Å²) >= 11 is 0. The number of likely N-dealkylation sites (tertiary alicyclic amines) is 1. The predicted molar refractivity (Wildman–Crippen MR) is 107 cm³/mol. The van der Waals surface area contributed by atoms with Gasteiger partial charge in [0, 0.05) is 47.0 Å². The topological polar surface area (TPSA) is 75.2 Å². The second-order valence-electron chi connectivity index (χ2n) is 5.65. The molecule has 1 amide bonds. The second kappa shape index (κ2) is 14.7. The van der Waals surface area contributed by atoms with E-state index in [9.17, 15) is 4.79 Å². The summed E-state index contributed by atoms with van der Waals surface area (Å²) in [6.45, 7) is 6.30. The molecule has 7 nitrogen and oxygen atoms in total. The minimum absolute atomic E-state index is 0. The monoisotopic (exact) mass is 456 g/mol. The minimum Gasteiger partial charge on any atom is -0.385 e. The minimum atomic E-state index is 0. The number of guanidine groups is 1. The number of carbonyl (C=O) groups is 1. The van der Waals surface area contributed by atoms with Crippen LogP contribution in [-0.4, -0.2) is 76.4 Å². The zero-order chi connectivity index (χ0) is 16.9. The summed E-state index contributed by atoms with van der Waals surface area (Å²) in [4.78, 5) is 18.1. The third-order valence-electron chi connectivity index (χ3n) is 3.78. The molecule has 0 bridgehead atoms. The van der Waals surface area contributed by atoms with Crippen LogP contribution in [0.3, 0.4) is 0 Å². The number of rotatable bonds is 9. The van der Waals surface area contributed by atoms with Crippen molar-refractivity contribution < 1.29 is 14.3 Å². The summed E-state index contributed by atoms with van der Waals surface area (Å²) in [7, 11) is 3.46. The first-order valence-corrected chi connectivity index (χ1v) is 8.54. The highest BCUT2D eigenvalue weighted by Crippen LogP contribution is 2.14. The van der Waals surface area contributed by atoms with Crippen LogP contribution in [0.4, 0.5) is 0 Å². The van der Waals surface area contributed by atoms with Crippen LogP contribution in [0, 0.1) is 0 Å². The Morgan fingerprint density at radius 3 is 2.54 bits per heavy atom. The van der Waals surface area contributed by atoms with Gasteiger partial charge in [-0.15, -0.1) is 24.0 Å². The van der Waals surface area contributed by atoms with Crippen LogP contribution >= 0.6 is 24.0 Å². The van der Waals surface area contributed by atoms with Crippen LogP contribution in [0.2, 0.25) is 0 Å². The largest absolute Gasteiger partial charge is 0.385 e. The normalized spacial score (nSPS) is 15.8. The van der Waals surface area contributed by atoms with Crippen molar-refractivity contribution in [2.75, 3.05) is 53.6 Å². The lowest BCUT2D eigenvalue weighted by Crippen LogP contribution is -2.49. The summed E-state index contributed by atoms with van der Waals surface area (Å²) in [6, 6.07) is 0. The summed E-state index contributed by atoms with van der Waals surface area (Å²) in [5, 5.41) is 5.98. The molecular formula is C16H33IN4O3. The number of nitrogens with one attached hydrogen (secondary N) is 2. The average Bonchev–Trinajstić information content (AvgIpc) is 2.58. The van der Waals surface area contributed by atoms with Crippen molar-refractivity contribution in [2.45, 2.75) is 38.7 Å². The highest BCUT2D eigenvalue weighted by molar-refractivity contribution is 14.0. The summed E-state index contributed by atoms with van der Waals surface area (Å²) in [5.74, 6) is 0.791. The van der Waals surface area contributed by atoms with Gasteiger partial charge >= 0.3 is 0 Å². The Morgan fingerprint density at radius 1 is 1.25 bits per heavy atom. The van der Waals surface area contributed by atoms with Gasteiger partial charge < -0.3 is 25.0 Å². The molecule has 1 saturated heterocycles. The predicted octanol–water partition coefficient (Wildman–Crippen LogP) is 1.22. The molecule has 1 fully saturated rings. The Kier molecular flexibility index (Phi) is 14.3. The Morgan fingerprint density at radius 2 is 1.96 bits per heavy atom. The summed E-state index contributed by atoms with van der Waals surface area (Å²) in [5.41, 5.74) is 0. The lowest BCUT2D eigenvalue weighted by Gasteiger charge is -2.34. The van der Waals surface area contributed by atoms with Crippen molar-refractivity contribution in [1.29, 1.82) is 0 Å². The lowest BCUT2D eigenvalue weighted by atomic mass is 10.1. The number of hydrogen-bond donors (Lipinski definition) is 2. The maximum atomic E-state index is 11.7. The zero-order valence-corrected chi connectivity index (χ0v) is 17.5. The first-order chi connectivity index (χ1) is 11.2. The van der Waals surface area contributed by atoms with E-state index in [0.29, 0.717) is 12.6 Å². The molecule has 1 aliphatic rings. The fourth-order valence-corrected chi connectivity index (χ4v) is 2.51. The number of amides is 1. The zero-order valence-electron chi connectivity index (χ0n) is 15.2. The molecule has 0 unspecified atom stereocenters.